The summed E-state index contributed by atoms with van der Waals surface area (Å²) in [6.07, 6.45) is 1.39. The van der Waals surface area contributed by atoms with Crippen LogP contribution in [0.3, 0.4) is 0 Å². The van der Waals surface area contributed by atoms with Crippen molar-refractivity contribution in [3.8, 4) is 0 Å². The standard InChI is InChI=1S/C15H18BrN3O/c1-3-6-15(20)17-9-14-18-12-7-4-5-8-13(12)19(14)10-11(2)16/h4-5,7-8H,2-3,6,9-10H2,1H3,(H,17,20). The van der Waals surface area contributed by atoms with E-state index in [0.717, 1.165) is 27.8 Å². The summed E-state index contributed by atoms with van der Waals surface area (Å²) >= 11 is 3.39. The number of nitrogens with zero attached hydrogens (tertiary/aromatic N) is 2. The van der Waals surface area contributed by atoms with Crippen molar-refractivity contribution in [2.45, 2.75) is 32.9 Å². The topological polar surface area (TPSA) is 46.9 Å². The maximum atomic E-state index is 11.6. The molecule has 0 fully saturated rings. The van der Waals surface area contributed by atoms with Gasteiger partial charge in [0.15, 0.2) is 0 Å². The first-order valence-electron chi connectivity index (χ1n) is 6.66. The number of allylic oxidation sites excluding steroid dienone is 1. The predicted molar refractivity (Wildman–Crippen MR) is 84.6 cm³/mol. The minimum atomic E-state index is 0.0591. The molecule has 2 aromatic rings. The number of hydrogen-bond acceptors (Lipinski definition) is 2. The third-order valence-corrected chi connectivity index (χ3v) is 3.23. The number of nitrogens with one attached hydrogen (secondary N) is 1. The lowest BCUT2D eigenvalue weighted by Crippen LogP contribution is -2.24. The molecule has 0 saturated heterocycles. The van der Waals surface area contributed by atoms with Crippen LogP contribution >= 0.6 is 15.9 Å². The SMILES string of the molecule is C=C(Br)Cn1c(CNC(=O)CCC)nc2ccccc21. The second kappa shape index (κ2) is 6.70. The van der Waals surface area contributed by atoms with Crippen molar-refractivity contribution >= 4 is 32.9 Å². The van der Waals surface area contributed by atoms with Gasteiger partial charge in [-0.1, -0.05) is 41.6 Å². The van der Waals surface area contributed by atoms with E-state index in [1.54, 1.807) is 0 Å². The van der Waals surface area contributed by atoms with Crippen molar-refractivity contribution < 1.29 is 4.79 Å². The van der Waals surface area contributed by atoms with E-state index < -0.39 is 0 Å². The van der Waals surface area contributed by atoms with Gasteiger partial charge >= 0.3 is 0 Å². The molecule has 5 heteroatoms. The summed E-state index contributed by atoms with van der Waals surface area (Å²) < 4.78 is 2.94. The molecule has 2 rings (SSSR count). The largest absolute Gasteiger partial charge is 0.349 e. The summed E-state index contributed by atoms with van der Waals surface area (Å²) in [5, 5.41) is 2.91. The van der Waals surface area contributed by atoms with Crippen molar-refractivity contribution in [3.63, 3.8) is 0 Å². The molecule has 20 heavy (non-hydrogen) atoms. The van der Waals surface area contributed by atoms with Gasteiger partial charge in [0.2, 0.25) is 5.91 Å². The quantitative estimate of drug-likeness (QED) is 0.879. The number of carbonyl (C=O) groups excluding carboxylic acids is 1. The van der Waals surface area contributed by atoms with E-state index in [1.807, 2.05) is 31.2 Å². The Hall–Kier alpha value is -1.62. The molecule has 1 heterocycles. The molecular weight excluding hydrogens is 318 g/mol. The Kier molecular flexibility index (Phi) is 4.95. The highest BCUT2D eigenvalue weighted by Crippen LogP contribution is 2.18. The molecule has 0 atom stereocenters. The Balaban J connectivity index is 2.26. The molecule has 106 valence electrons. The minimum absolute atomic E-state index is 0.0591. The first-order chi connectivity index (χ1) is 9.61. The number of amides is 1. The summed E-state index contributed by atoms with van der Waals surface area (Å²) in [6.45, 7) is 6.95. The first kappa shape index (κ1) is 14.8. The summed E-state index contributed by atoms with van der Waals surface area (Å²) in [7, 11) is 0. The number of aromatic nitrogens is 2. The van der Waals surface area contributed by atoms with Crippen LogP contribution in [0.5, 0.6) is 0 Å². The zero-order valence-corrected chi connectivity index (χ0v) is 13.1. The van der Waals surface area contributed by atoms with Gasteiger partial charge in [0.25, 0.3) is 0 Å². The average molecular weight is 336 g/mol. The van der Waals surface area contributed by atoms with Crippen LogP contribution in [0.4, 0.5) is 0 Å². The van der Waals surface area contributed by atoms with E-state index in [4.69, 9.17) is 0 Å². The maximum absolute atomic E-state index is 11.6. The van der Waals surface area contributed by atoms with Gasteiger partial charge in [0, 0.05) is 10.9 Å². The average Bonchev–Trinajstić information content (AvgIpc) is 2.75. The normalized spacial score (nSPS) is 10.7. The van der Waals surface area contributed by atoms with Crippen molar-refractivity contribution in [1.82, 2.24) is 14.9 Å². The van der Waals surface area contributed by atoms with E-state index in [9.17, 15) is 4.79 Å². The lowest BCUT2D eigenvalue weighted by atomic mass is 10.3. The van der Waals surface area contributed by atoms with Crippen LogP contribution in [0.25, 0.3) is 11.0 Å². The van der Waals surface area contributed by atoms with E-state index in [-0.39, 0.29) is 5.91 Å². The summed E-state index contributed by atoms with van der Waals surface area (Å²) in [6, 6.07) is 7.94. The van der Waals surface area contributed by atoms with Gasteiger partial charge in [0.05, 0.1) is 24.1 Å². The van der Waals surface area contributed by atoms with Gasteiger partial charge in [-0.15, -0.1) is 0 Å². The van der Waals surface area contributed by atoms with Crippen LogP contribution in [0.2, 0.25) is 0 Å². The molecule has 0 bridgehead atoms. The fourth-order valence-corrected chi connectivity index (χ4v) is 2.35. The molecule has 0 radical (unpaired) electrons. The Labute approximate surface area is 127 Å². The zero-order valence-electron chi connectivity index (χ0n) is 11.5. The second-order valence-electron chi connectivity index (χ2n) is 4.65. The highest BCUT2D eigenvalue weighted by Gasteiger charge is 2.11. The third kappa shape index (κ3) is 3.48. The van der Waals surface area contributed by atoms with Gasteiger partial charge in [0.1, 0.15) is 5.82 Å². The Morgan fingerprint density at radius 2 is 2.20 bits per heavy atom. The van der Waals surface area contributed by atoms with Gasteiger partial charge in [-0.2, -0.15) is 0 Å². The highest BCUT2D eigenvalue weighted by molar-refractivity contribution is 9.11. The molecule has 0 saturated carbocycles. The molecule has 1 amide bonds. The van der Waals surface area contributed by atoms with Crippen LogP contribution < -0.4 is 5.32 Å². The van der Waals surface area contributed by atoms with Gasteiger partial charge in [-0.3, -0.25) is 4.79 Å². The molecule has 1 N–H and O–H groups in total. The van der Waals surface area contributed by atoms with Crippen molar-refractivity contribution in [3.05, 3.63) is 41.2 Å². The van der Waals surface area contributed by atoms with Crippen LogP contribution in [-0.2, 0) is 17.9 Å². The van der Waals surface area contributed by atoms with Crippen molar-refractivity contribution in [2.24, 2.45) is 0 Å². The lowest BCUT2D eigenvalue weighted by molar-refractivity contribution is -0.121. The maximum Gasteiger partial charge on any atom is 0.220 e. The molecule has 0 unspecified atom stereocenters. The van der Waals surface area contributed by atoms with Gasteiger partial charge in [-0.25, -0.2) is 4.98 Å². The smallest absolute Gasteiger partial charge is 0.220 e. The Morgan fingerprint density at radius 1 is 1.45 bits per heavy atom. The number of fused-ring (bicyclic) bond motifs is 1. The van der Waals surface area contributed by atoms with E-state index in [2.05, 4.69) is 37.4 Å². The molecule has 4 nitrogen and oxygen atoms in total. The van der Waals surface area contributed by atoms with E-state index in [1.165, 1.54) is 0 Å². The second-order valence-corrected chi connectivity index (χ2v) is 5.77. The molecular formula is C15H18BrN3O. The molecule has 1 aromatic heterocycles. The Morgan fingerprint density at radius 3 is 2.90 bits per heavy atom. The molecule has 0 spiro atoms. The van der Waals surface area contributed by atoms with Crippen LogP contribution in [-0.4, -0.2) is 15.5 Å². The van der Waals surface area contributed by atoms with E-state index in [0.29, 0.717) is 19.5 Å². The fourth-order valence-electron chi connectivity index (χ4n) is 2.10. The Bertz CT molecular complexity index is 633. The molecule has 0 aliphatic carbocycles. The number of para-hydroxylation sites is 2. The zero-order chi connectivity index (χ0) is 14.5. The van der Waals surface area contributed by atoms with Crippen molar-refractivity contribution in [2.75, 3.05) is 0 Å². The molecule has 0 aliphatic heterocycles. The predicted octanol–water partition coefficient (Wildman–Crippen LogP) is 3.36. The number of hydrogen-bond donors (Lipinski definition) is 1. The molecule has 1 aromatic carbocycles. The summed E-state index contributed by atoms with van der Waals surface area (Å²) in [5.74, 6) is 0.903. The first-order valence-corrected chi connectivity index (χ1v) is 7.45. The number of halogens is 1. The number of imidazole rings is 1. The van der Waals surface area contributed by atoms with Crippen LogP contribution in [0.15, 0.2) is 35.3 Å². The summed E-state index contributed by atoms with van der Waals surface area (Å²) in [4.78, 5) is 16.2. The van der Waals surface area contributed by atoms with Gasteiger partial charge < -0.3 is 9.88 Å². The highest BCUT2D eigenvalue weighted by atomic mass is 79.9. The van der Waals surface area contributed by atoms with Crippen LogP contribution in [0, 0.1) is 0 Å². The lowest BCUT2D eigenvalue weighted by Gasteiger charge is -2.09. The fraction of sp³-hybridized carbons (Fsp3) is 0.333. The van der Waals surface area contributed by atoms with Crippen LogP contribution in [0.1, 0.15) is 25.6 Å². The monoisotopic (exact) mass is 335 g/mol. The molecule has 0 aliphatic rings. The minimum Gasteiger partial charge on any atom is -0.349 e. The number of benzene rings is 1. The number of rotatable bonds is 6. The third-order valence-electron chi connectivity index (χ3n) is 2.98. The van der Waals surface area contributed by atoms with Crippen molar-refractivity contribution in [1.29, 1.82) is 0 Å². The summed E-state index contributed by atoms with van der Waals surface area (Å²) in [5.41, 5.74) is 1.98. The van der Waals surface area contributed by atoms with Gasteiger partial charge in [-0.05, 0) is 18.6 Å². The number of carbonyl (C=O) groups is 1. The van der Waals surface area contributed by atoms with E-state index >= 15 is 0 Å².